The molecule has 3 rings (SSSR count). The van der Waals surface area contributed by atoms with Crippen molar-refractivity contribution in [2.45, 2.75) is 51.1 Å². The topological polar surface area (TPSA) is 82.2 Å². The number of hydrogen-bond acceptors (Lipinski definition) is 4. The van der Waals surface area contributed by atoms with E-state index in [0.29, 0.717) is 19.1 Å². The quantitative estimate of drug-likeness (QED) is 0.869. The largest absolute Gasteiger partial charge is 0.448 e. The van der Waals surface area contributed by atoms with Gasteiger partial charge in [-0.05, 0) is 12.8 Å². The Labute approximate surface area is 118 Å². The first-order chi connectivity index (χ1) is 9.75. The fourth-order valence-corrected chi connectivity index (χ4v) is 3.37. The number of amides is 1. The van der Waals surface area contributed by atoms with Gasteiger partial charge < -0.3 is 20.4 Å². The Morgan fingerprint density at radius 2 is 2.25 bits per heavy atom. The number of nitrogens with one attached hydrogen (secondary N) is 1. The van der Waals surface area contributed by atoms with E-state index < -0.39 is 6.09 Å². The van der Waals surface area contributed by atoms with Crippen LogP contribution in [-0.2, 0) is 24.2 Å². The van der Waals surface area contributed by atoms with Gasteiger partial charge in [-0.2, -0.15) is 0 Å². The summed E-state index contributed by atoms with van der Waals surface area (Å²) in [5.41, 5.74) is 7.50. The van der Waals surface area contributed by atoms with Crippen molar-refractivity contribution in [1.82, 2.24) is 14.9 Å². The third-order valence-electron chi connectivity index (χ3n) is 4.30. The Morgan fingerprint density at radius 3 is 3.00 bits per heavy atom. The molecule has 1 fully saturated rings. The van der Waals surface area contributed by atoms with Crippen LogP contribution in [0.25, 0.3) is 0 Å². The maximum atomic E-state index is 10.7. The molecule has 0 aromatic carbocycles. The molecule has 110 valence electrons. The van der Waals surface area contributed by atoms with E-state index in [9.17, 15) is 4.79 Å². The number of nitrogens with zero attached hydrogens (tertiary/aromatic N) is 2. The minimum Gasteiger partial charge on any atom is -0.448 e. The zero-order chi connectivity index (χ0) is 13.9. The second kappa shape index (κ2) is 5.83. The van der Waals surface area contributed by atoms with Crippen molar-refractivity contribution in [2.75, 3.05) is 13.2 Å². The number of rotatable bonds is 4. The van der Waals surface area contributed by atoms with Crippen molar-refractivity contribution in [3.05, 3.63) is 17.2 Å². The Hall–Kier alpha value is -1.56. The minimum atomic E-state index is -0.705. The Balaban J connectivity index is 1.83. The molecule has 0 atom stereocenters. The number of imidazole rings is 1. The second-order valence-corrected chi connectivity index (χ2v) is 5.59. The Bertz CT molecular complexity index is 492. The van der Waals surface area contributed by atoms with Gasteiger partial charge in [-0.15, -0.1) is 0 Å². The van der Waals surface area contributed by atoms with Crippen LogP contribution >= 0.6 is 0 Å². The lowest BCUT2D eigenvalue weighted by Gasteiger charge is -2.17. The summed E-state index contributed by atoms with van der Waals surface area (Å²) in [7, 11) is 0. The van der Waals surface area contributed by atoms with E-state index >= 15 is 0 Å². The number of fused-ring (bicyclic) bond motifs is 1. The molecule has 0 unspecified atom stereocenters. The number of aromatic nitrogens is 2. The van der Waals surface area contributed by atoms with Gasteiger partial charge in [-0.3, -0.25) is 0 Å². The lowest BCUT2D eigenvalue weighted by molar-refractivity contribution is 0.151. The lowest BCUT2D eigenvalue weighted by atomic mass is 10.1. The Morgan fingerprint density at radius 1 is 1.45 bits per heavy atom. The molecule has 0 spiro atoms. The molecule has 20 heavy (non-hydrogen) atoms. The van der Waals surface area contributed by atoms with Crippen molar-refractivity contribution in [1.29, 1.82) is 0 Å². The highest BCUT2D eigenvalue weighted by atomic mass is 16.5. The average molecular weight is 278 g/mol. The van der Waals surface area contributed by atoms with Gasteiger partial charge in [0.1, 0.15) is 12.4 Å². The SMILES string of the molecule is NC(=O)OCCn1c(C2CCCC2)nc2c1CCNC2. The van der Waals surface area contributed by atoms with Crippen LogP contribution in [0.5, 0.6) is 0 Å². The molecule has 2 aliphatic rings. The molecule has 6 heteroatoms. The number of hydrogen-bond donors (Lipinski definition) is 2. The second-order valence-electron chi connectivity index (χ2n) is 5.59. The van der Waals surface area contributed by atoms with E-state index in [1.54, 1.807) is 0 Å². The van der Waals surface area contributed by atoms with Crippen LogP contribution in [0.4, 0.5) is 4.79 Å². The summed E-state index contributed by atoms with van der Waals surface area (Å²) in [6, 6.07) is 0. The van der Waals surface area contributed by atoms with Crippen molar-refractivity contribution < 1.29 is 9.53 Å². The van der Waals surface area contributed by atoms with E-state index in [2.05, 4.69) is 9.88 Å². The van der Waals surface area contributed by atoms with E-state index in [0.717, 1.165) is 25.2 Å². The highest BCUT2D eigenvalue weighted by Crippen LogP contribution is 2.35. The van der Waals surface area contributed by atoms with Crippen LogP contribution in [0.2, 0.25) is 0 Å². The van der Waals surface area contributed by atoms with Gasteiger partial charge in [-0.1, -0.05) is 12.8 Å². The molecule has 0 saturated heterocycles. The number of ether oxygens (including phenoxy) is 1. The van der Waals surface area contributed by atoms with Crippen LogP contribution < -0.4 is 11.1 Å². The van der Waals surface area contributed by atoms with Gasteiger partial charge in [0.15, 0.2) is 0 Å². The van der Waals surface area contributed by atoms with Crippen molar-refractivity contribution in [3.63, 3.8) is 0 Å². The van der Waals surface area contributed by atoms with Crippen LogP contribution in [-0.4, -0.2) is 28.8 Å². The van der Waals surface area contributed by atoms with Crippen molar-refractivity contribution in [2.24, 2.45) is 5.73 Å². The van der Waals surface area contributed by atoms with Gasteiger partial charge in [0.25, 0.3) is 0 Å². The lowest BCUT2D eigenvalue weighted by Crippen LogP contribution is -2.26. The number of carbonyl (C=O) groups excluding carboxylic acids is 1. The predicted octanol–water partition coefficient (Wildman–Crippen LogP) is 1.28. The summed E-state index contributed by atoms with van der Waals surface area (Å²) in [4.78, 5) is 15.6. The monoisotopic (exact) mass is 278 g/mol. The molecule has 0 radical (unpaired) electrons. The number of primary amides is 1. The molecular weight excluding hydrogens is 256 g/mol. The summed E-state index contributed by atoms with van der Waals surface area (Å²) < 4.78 is 7.17. The molecule has 1 amide bonds. The highest BCUT2D eigenvalue weighted by molar-refractivity contribution is 5.64. The third-order valence-corrected chi connectivity index (χ3v) is 4.30. The van der Waals surface area contributed by atoms with Crippen LogP contribution in [0.15, 0.2) is 0 Å². The molecule has 1 aliphatic carbocycles. The average Bonchev–Trinajstić information content (AvgIpc) is 3.05. The van der Waals surface area contributed by atoms with Crippen molar-refractivity contribution >= 4 is 6.09 Å². The van der Waals surface area contributed by atoms with Gasteiger partial charge in [0.2, 0.25) is 0 Å². The predicted molar refractivity (Wildman–Crippen MR) is 74.4 cm³/mol. The molecule has 1 saturated carbocycles. The van der Waals surface area contributed by atoms with Crippen LogP contribution in [0.1, 0.15) is 48.8 Å². The maximum absolute atomic E-state index is 10.7. The first-order valence-corrected chi connectivity index (χ1v) is 7.47. The first-order valence-electron chi connectivity index (χ1n) is 7.47. The van der Waals surface area contributed by atoms with Gasteiger partial charge >= 0.3 is 6.09 Å². The first kappa shape index (κ1) is 13.4. The summed E-state index contributed by atoms with van der Waals surface area (Å²) >= 11 is 0. The van der Waals surface area contributed by atoms with Crippen molar-refractivity contribution in [3.8, 4) is 0 Å². The number of carbonyl (C=O) groups is 1. The van der Waals surface area contributed by atoms with Gasteiger partial charge in [-0.25, -0.2) is 9.78 Å². The smallest absolute Gasteiger partial charge is 0.404 e. The summed E-state index contributed by atoms with van der Waals surface area (Å²) in [6.07, 6.45) is 5.31. The molecule has 1 aromatic rings. The maximum Gasteiger partial charge on any atom is 0.404 e. The van der Waals surface area contributed by atoms with E-state index in [1.807, 2.05) is 0 Å². The number of nitrogens with two attached hydrogens (primary N) is 1. The summed E-state index contributed by atoms with van der Waals surface area (Å²) in [6.45, 7) is 2.82. The fourth-order valence-electron chi connectivity index (χ4n) is 3.37. The van der Waals surface area contributed by atoms with Gasteiger partial charge in [0, 0.05) is 31.1 Å². The zero-order valence-corrected chi connectivity index (χ0v) is 11.7. The standard InChI is InChI=1S/C14H22N4O2/c15-14(19)20-8-7-18-12-5-6-16-9-11(12)17-13(18)10-3-1-2-4-10/h10,16H,1-9H2,(H2,15,19). The molecule has 1 aliphatic heterocycles. The van der Waals surface area contributed by atoms with Gasteiger partial charge in [0.05, 0.1) is 12.2 Å². The zero-order valence-electron chi connectivity index (χ0n) is 11.7. The third kappa shape index (κ3) is 2.65. The molecule has 1 aromatic heterocycles. The summed E-state index contributed by atoms with van der Waals surface area (Å²) in [5.74, 6) is 1.75. The molecule has 3 N–H and O–H groups in total. The van der Waals surface area contributed by atoms with E-state index in [1.165, 1.54) is 37.2 Å². The fraction of sp³-hybridized carbons (Fsp3) is 0.714. The molecule has 0 bridgehead atoms. The highest BCUT2D eigenvalue weighted by Gasteiger charge is 2.26. The van der Waals surface area contributed by atoms with E-state index in [4.69, 9.17) is 15.5 Å². The summed E-state index contributed by atoms with van der Waals surface area (Å²) in [5, 5.41) is 3.37. The normalized spacial score (nSPS) is 19.0. The van der Waals surface area contributed by atoms with E-state index in [-0.39, 0.29) is 0 Å². The van der Waals surface area contributed by atoms with Crippen LogP contribution in [0, 0.1) is 0 Å². The minimum absolute atomic E-state index is 0.325. The Kier molecular flexibility index (Phi) is 3.91. The molecular formula is C14H22N4O2. The van der Waals surface area contributed by atoms with Crippen LogP contribution in [0.3, 0.4) is 0 Å². The molecule has 6 nitrogen and oxygen atoms in total. The molecule has 2 heterocycles.